The highest BCUT2D eigenvalue weighted by atomic mass is 32.2. The molecule has 0 aromatic carbocycles. The second kappa shape index (κ2) is 2.54. The molecule has 0 bridgehead atoms. The van der Waals surface area contributed by atoms with Gasteiger partial charge in [-0.05, 0) is 0 Å². The van der Waals surface area contributed by atoms with E-state index in [1.54, 1.807) is 0 Å². The largest absolute Gasteiger partial charge is 0.754 e. The summed E-state index contributed by atoms with van der Waals surface area (Å²) in [5.41, 5.74) is 9.26. The van der Waals surface area contributed by atoms with Crippen LogP contribution in [0.5, 0.6) is 0 Å². The lowest BCUT2D eigenvalue weighted by atomic mass is 11.1. The Morgan fingerprint density at radius 2 is 2.14 bits per heavy atom. The van der Waals surface area contributed by atoms with Crippen molar-refractivity contribution in [3.63, 3.8) is 0 Å². The molecule has 0 saturated heterocycles. The average Bonchev–Trinajstić information content (AvgIpc) is 1.27. The van der Waals surface area contributed by atoms with Crippen molar-refractivity contribution in [2.75, 3.05) is 0 Å². The first-order chi connectivity index (χ1) is 3.13. The third-order valence-corrected chi connectivity index (χ3v) is 0.540. The Labute approximate surface area is 42.8 Å². The first kappa shape index (κ1) is 6.38. The Balaban J connectivity index is 3.68. The van der Waals surface area contributed by atoms with Crippen molar-refractivity contribution in [1.29, 1.82) is 0 Å². The van der Waals surface area contributed by atoms with Crippen LogP contribution in [0.3, 0.4) is 0 Å². The van der Waals surface area contributed by atoms with Crippen LogP contribution in [0.15, 0.2) is 4.40 Å². The van der Waals surface area contributed by atoms with Gasteiger partial charge in [0.15, 0.2) is 5.96 Å². The maximum atomic E-state index is 9.46. The molecular weight excluding hydrogens is 118 g/mol. The Morgan fingerprint density at radius 3 is 2.14 bits per heavy atom. The van der Waals surface area contributed by atoms with E-state index in [0.29, 0.717) is 0 Å². The second-order valence-corrected chi connectivity index (χ2v) is 1.35. The van der Waals surface area contributed by atoms with Crippen molar-refractivity contribution in [3.8, 4) is 0 Å². The summed E-state index contributed by atoms with van der Waals surface area (Å²) in [7, 11) is 0. The highest BCUT2D eigenvalue weighted by molar-refractivity contribution is 7.77. The number of nitrogens with two attached hydrogens (primary N) is 2. The van der Waals surface area contributed by atoms with Crippen LogP contribution in [-0.4, -0.2) is 14.7 Å². The monoisotopic (exact) mass is 122 g/mol. The van der Waals surface area contributed by atoms with Crippen molar-refractivity contribution >= 4 is 17.2 Å². The van der Waals surface area contributed by atoms with Gasteiger partial charge in [-0.15, -0.1) is 0 Å². The van der Waals surface area contributed by atoms with Crippen LogP contribution in [0.4, 0.5) is 0 Å². The van der Waals surface area contributed by atoms with Crippen LogP contribution in [0, 0.1) is 0 Å². The van der Waals surface area contributed by atoms with Gasteiger partial charge in [0.05, 0.1) is 11.3 Å². The van der Waals surface area contributed by atoms with E-state index in [9.17, 15) is 8.76 Å². The lowest BCUT2D eigenvalue weighted by Crippen LogP contribution is -2.23. The van der Waals surface area contributed by atoms with E-state index in [-0.39, 0.29) is 0 Å². The summed E-state index contributed by atoms with van der Waals surface area (Å²) in [4.78, 5) is 0. The predicted molar refractivity (Wildman–Crippen MR) is 24.7 cm³/mol. The molecule has 0 aliphatic carbocycles. The highest BCUT2D eigenvalue weighted by Gasteiger charge is 1.73. The lowest BCUT2D eigenvalue weighted by molar-refractivity contribution is 0.539. The maximum absolute atomic E-state index is 9.46. The quantitative estimate of drug-likeness (QED) is 0.239. The predicted octanol–water partition coefficient (Wildman–Crippen LogP) is -1.95. The zero-order valence-electron chi connectivity index (χ0n) is 3.33. The lowest BCUT2D eigenvalue weighted by Gasteiger charge is -1.93. The summed E-state index contributed by atoms with van der Waals surface area (Å²) in [5.74, 6) is -0.451. The molecule has 4 N–H and O–H groups in total. The summed E-state index contributed by atoms with van der Waals surface area (Å²) < 4.78 is 21.6. The van der Waals surface area contributed by atoms with E-state index >= 15 is 0 Å². The number of guanidine groups is 1. The van der Waals surface area contributed by atoms with Gasteiger partial charge >= 0.3 is 0 Å². The van der Waals surface area contributed by atoms with Crippen molar-refractivity contribution in [2.24, 2.45) is 15.9 Å². The molecule has 0 aliphatic heterocycles. The zero-order valence-corrected chi connectivity index (χ0v) is 4.14. The molecule has 0 radical (unpaired) electrons. The molecule has 0 amide bonds. The summed E-state index contributed by atoms with van der Waals surface area (Å²) in [6.07, 6.45) is 0. The summed E-state index contributed by atoms with van der Waals surface area (Å²) in [6.45, 7) is 0. The molecule has 0 rings (SSSR count). The van der Waals surface area contributed by atoms with Crippen molar-refractivity contribution < 1.29 is 8.76 Å². The molecule has 0 aromatic rings. The van der Waals surface area contributed by atoms with Gasteiger partial charge < -0.3 is 16.0 Å². The molecule has 6 heteroatoms. The van der Waals surface area contributed by atoms with Crippen molar-refractivity contribution in [2.45, 2.75) is 0 Å². The molecule has 7 heavy (non-hydrogen) atoms. The van der Waals surface area contributed by atoms with Crippen molar-refractivity contribution in [1.82, 2.24) is 0 Å². The van der Waals surface area contributed by atoms with E-state index in [4.69, 9.17) is 0 Å². The Hall–Kier alpha value is -0.620. The van der Waals surface area contributed by atoms with Gasteiger partial charge in [-0.25, -0.2) is 4.21 Å². The Morgan fingerprint density at radius 1 is 1.71 bits per heavy atom. The second-order valence-electron chi connectivity index (χ2n) is 0.733. The Kier molecular flexibility index (Phi) is 2.31. The molecule has 0 spiro atoms. The number of hydrogen-bond donors (Lipinski definition) is 2. The van der Waals surface area contributed by atoms with Gasteiger partial charge in [0.2, 0.25) is 0 Å². The standard InChI is InChI=1S/CH5N3O2S/c2-1(3)4-7(5)6/h(H,5,6)(H4,2,3,4)/p-1. The van der Waals surface area contributed by atoms with Crippen LogP contribution in [0.2, 0.25) is 0 Å². The van der Waals surface area contributed by atoms with Gasteiger partial charge in [-0.2, -0.15) is 4.40 Å². The van der Waals surface area contributed by atoms with Crippen LogP contribution in [0.25, 0.3) is 0 Å². The first-order valence-corrected chi connectivity index (χ1v) is 2.35. The minimum atomic E-state index is -2.51. The molecule has 1 unspecified atom stereocenters. The van der Waals surface area contributed by atoms with Crippen LogP contribution >= 0.6 is 0 Å². The molecular formula is CH4N3O2S-. The molecule has 0 saturated carbocycles. The minimum Gasteiger partial charge on any atom is -0.754 e. The van der Waals surface area contributed by atoms with E-state index in [2.05, 4.69) is 15.9 Å². The van der Waals surface area contributed by atoms with E-state index < -0.39 is 17.2 Å². The smallest absolute Gasteiger partial charge is 0.199 e. The fraction of sp³-hybridized carbons (Fsp3) is 0. The molecule has 0 aromatic heterocycles. The minimum absolute atomic E-state index is 0.451. The first-order valence-electron chi connectivity index (χ1n) is 1.32. The molecule has 0 fully saturated rings. The molecule has 0 heterocycles. The molecule has 42 valence electrons. The SMILES string of the molecule is NC(N)=NS(=O)[O-]. The fourth-order valence-corrected chi connectivity index (χ4v) is 0.258. The molecule has 5 nitrogen and oxygen atoms in total. The Bertz CT molecular complexity index is 106. The van der Waals surface area contributed by atoms with E-state index in [1.165, 1.54) is 0 Å². The topological polar surface area (TPSA) is 105 Å². The summed E-state index contributed by atoms with van der Waals surface area (Å²) >= 11 is -2.51. The average molecular weight is 122 g/mol. The van der Waals surface area contributed by atoms with Crippen LogP contribution < -0.4 is 11.5 Å². The third kappa shape index (κ3) is 5.38. The van der Waals surface area contributed by atoms with Gasteiger partial charge in [0.25, 0.3) is 0 Å². The third-order valence-electron chi connectivity index (χ3n) is 0.180. The van der Waals surface area contributed by atoms with Crippen LogP contribution in [0.1, 0.15) is 0 Å². The van der Waals surface area contributed by atoms with Gasteiger partial charge in [-0.3, -0.25) is 0 Å². The number of hydrogen-bond acceptors (Lipinski definition) is 2. The number of nitrogens with zero attached hydrogens (tertiary/aromatic N) is 1. The number of rotatable bonds is 1. The molecule has 0 aliphatic rings. The van der Waals surface area contributed by atoms with Gasteiger partial charge in [-0.1, -0.05) is 0 Å². The summed E-state index contributed by atoms with van der Waals surface area (Å²) in [5, 5.41) is 0. The van der Waals surface area contributed by atoms with Crippen molar-refractivity contribution in [3.05, 3.63) is 0 Å². The zero-order chi connectivity index (χ0) is 5.86. The normalized spacial score (nSPS) is 12.7. The van der Waals surface area contributed by atoms with Gasteiger partial charge in [0, 0.05) is 0 Å². The van der Waals surface area contributed by atoms with E-state index in [1.807, 2.05) is 0 Å². The highest BCUT2D eigenvalue weighted by Crippen LogP contribution is 1.68. The van der Waals surface area contributed by atoms with Gasteiger partial charge in [0.1, 0.15) is 0 Å². The summed E-state index contributed by atoms with van der Waals surface area (Å²) in [6, 6.07) is 0. The van der Waals surface area contributed by atoms with E-state index in [0.717, 1.165) is 0 Å². The maximum Gasteiger partial charge on any atom is 0.199 e. The van der Waals surface area contributed by atoms with Crippen LogP contribution in [-0.2, 0) is 11.3 Å². The molecule has 1 atom stereocenters. The fourth-order valence-electron chi connectivity index (χ4n) is 0.0861.